The van der Waals surface area contributed by atoms with Gasteiger partial charge >= 0.3 is 12.0 Å². The first kappa shape index (κ1) is 21.5. The van der Waals surface area contributed by atoms with Crippen molar-refractivity contribution < 1.29 is 29.0 Å². The molecular weight excluding hydrogens is 366 g/mol. The predicted octanol–water partition coefficient (Wildman–Crippen LogP) is 1.32. The van der Waals surface area contributed by atoms with Gasteiger partial charge in [0.2, 0.25) is 5.91 Å². The zero-order valence-corrected chi connectivity index (χ0v) is 15.3. The first-order chi connectivity index (χ1) is 11.9. The van der Waals surface area contributed by atoms with Crippen LogP contribution >= 0.6 is 12.4 Å². The van der Waals surface area contributed by atoms with E-state index in [-0.39, 0.29) is 19.0 Å². The number of amides is 3. The molecule has 1 atom stereocenters. The molecule has 0 spiro atoms. The second-order valence-corrected chi connectivity index (χ2v) is 5.64. The van der Waals surface area contributed by atoms with Gasteiger partial charge in [0.25, 0.3) is 0 Å². The Balaban J connectivity index is 0.00000338. The maximum absolute atomic E-state index is 11.9. The van der Waals surface area contributed by atoms with Crippen LogP contribution in [0.2, 0.25) is 0 Å². The van der Waals surface area contributed by atoms with E-state index in [9.17, 15) is 14.4 Å². The molecule has 26 heavy (non-hydrogen) atoms. The van der Waals surface area contributed by atoms with Gasteiger partial charge < -0.3 is 19.9 Å². The number of nitrogens with one attached hydrogen (secondary N) is 2. The number of benzene rings is 1. The third-order valence-electron chi connectivity index (χ3n) is 3.67. The Labute approximate surface area is 157 Å². The first-order valence-electron chi connectivity index (χ1n) is 7.80. The molecule has 144 valence electrons. The number of anilines is 1. The lowest BCUT2D eigenvalue weighted by Crippen LogP contribution is -2.45. The summed E-state index contributed by atoms with van der Waals surface area (Å²) in [4.78, 5) is 35.9. The van der Waals surface area contributed by atoms with E-state index < -0.39 is 23.9 Å². The lowest BCUT2D eigenvalue weighted by atomic mass is 10.3. The van der Waals surface area contributed by atoms with E-state index in [0.717, 1.165) is 6.42 Å². The van der Waals surface area contributed by atoms with Gasteiger partial charge in [-0.1, -0.05) is 0 Å². The lowest BCUT2D eigenvalue weighted by molar-refractivity contribution is -0.142. The maximum Gasteiger partial charge on any atom is 0.325 e. The number of imide groups is 1. The van der Waals surface area contributed by atoms with Crippen LogP contribution in [0.1, 0.15) is 13.3 Å². The Kier molecular flexibility index (Phi) is 8.14. The Morgan fingerprint density at radius 1 is 1.23 bits per heavy atom. The summed E-state index contributed by atoms with van der Waals surface area (Å²) in [6.07, 6.45) is 0.773. The molecule has 0 saturated heterocycles. The maximum atomic E-state index is 11.9. The minimum atomic E-state index is -1.05. The van der Waals surface area contributed by atoms with Crippen LogP contribution in [0.25, 0.3) is 0 Å². The summed E-state index contributed by atoms with van der Waals surface area (Å²) in [6.45, 7) is 2.32. The molecule has 1 unspecified atom stereocenters. The average Bonchev–Trinajstić information content (AvgIpc) is 2.78. The summed E-state index contributed by atoms with van der Waals surface area (Å²) in [5.41, 5.74) is 0.446. The highest BCUT2D eigenvalue weighted by atomic mass is 35.5. The van der Waals surface area contributed by atoms with Crippen LogP contribution < -0.4 is 20.1 Å². The van der Waals surface area contributed by atoms with E-state index in [1.165, 1.54) is 18.9 Å². The van der Waals surface area contributed by atoms with Crippen molar-refractivity contribution in [2.45, 2.75) is 19.4 Å². The van der Waals surface area contributed by atoms with Gasteiger partial charge in [-0.05, 0) is 26.1 Å². The molecule has 3 N–H and O–H groups in total. The molecular formula is C16H22ClN3O6. The number of urea groups is 1. The smallest absolute Gasteiger partial charge is 0.325 e. The number of carboxylic acid groups (broad SMARTS) is 1. The molecule has 1 heterocycles. The van der Waals surface area contributed by atoms with E-state index in [2.05, 4.69) is 10.6 Å². The van der Waals surface area contributed by atoms with E-state index >= 15 is 0 Å². The van der Waals surface area contributed by atoms with Gasteiger partial charge in [-0.15, -0.1) is 12.4 Å². The predicted molar refractivity (Wildman–Crippen MR) is 96.2 cm³/mol. The van der Waals surface area contributed by atoms with Crippen molar-refractivity contribution in [1.29, 1.82) is 0 Å². The number of aliphatic carboxylic acids is 1. The van der Waals surface area contributed by atoms with Crippen LogP contribution in [0.4, 0.5) is 10.5 Å². The minimum Gasteiger partial charge on any atom is -0.490 e. The van der Waals surface area contributed by atoms with E-state index in [0.29, 0.717) is 30.4 Å². The highest BCUT2D eigenvalue weighted by Gasteiger charge is 2.20. The first-order valence-corrected chi connectivity index (χ1v) is 7.80. The standard InChI is InChI=1S/C16H21N3O6.ClH/c1-10(15(21)22)19(2)9-14(20)18-16(23)17-11-4-5-12-13(8-11)25-7-3-6-24-12;/h4-5,8,10H,3,6-7,9H2,1-2H3,(H,21,22)(H2,17,18,20,23);1H. The van der Waals surface area contributed by atoms with E-state index in [1.54, 1.807) is 18.2 Å². The Morgan fingerprint density at radius 3 is 2.54 bits per heavy atom. The molecule has 0 aromatic heterocycles. The second kappa shape index (κ2) is 9.83. The summed E-state index contributed by atoms with van der Waals surface area (Å²) in [7, 11) is 1.49. The summed E-state index contributed by atoms with van der Waals surface area (Å²) in [5, 5.41) is 13.6. The molecule has 3 amide bonds. The highest BCUT2D eigenvalue weighted by molar-refractivity contribution is 6.02. The van der Waals surface area contributed by atoms with Crippen molar-refractivity contribution in [2.75, 3.05) is 32.1 Å². The minimum absolute atomic E-state index is 0. The highest BCUT2D eigenvalue weighted by Crippen LogP contribution is 2.32. The number of carboxylic acids is 1. The van der Waals surface area contributed by atoms with Gasteiger partial charge in [0.15, 0.2) is 11.5 Å². The van der Waals surface area contributed by atoms with Crippen LogP contribution in [-0.4, -0.2) is 60.8 Å². The number of hydrogen-bond acceptors (Lipinski definition) is 6. The van der Waals surface area contributed by atoms with Crippen LogP contribution in [0.15, 0.2) is 18.2 Å². The van der Waals surface area contributed by atoms with Gasteiger partial charge in [-0.2, -0.15) is 0 Å². The molecule has 9 nitrogen and oxygen atoms in total. The Bertz CT molecular complexity index is 669. The van der Waals surface area contributed by atoms with Crippen LogP contribution in [0.5, 0.6) is 11.5 Å². The fraction of sp³-hybridized carbons (Fsp3) is 0.438. The van der Waals surface area contributed by atoms with Crippen molar-refractivity contribution in [3.8, 4) is 11.5 Å². The van der Waals surface area contributed by atoms with Crippen molar-refractivity contribution in [1.82, 2.24) is 10.2 Å². The van der Waals surface area contributed by atoms with Crippen molar-refractivity contribution in [3.05, 3.63) is 18.2 Å². The third-order valence-corrected chi connectivity index (χ3v) is 3.67. The monoisotopic (exact) mass is 387 g/mol. The number of ether oxygens (including phenoxy) is 2. The van der Waals surface area contributed by atoms with Crippen molar-refractivity contribution in [3.63, 3.8) is 0 Å². The SMILES string of the molecule is CC(C(=O)O)N(C)CC(=O)NC(=O)Nc1ccc2c(c1)OCCCO2.Cl. The number of carbonyl (C=O) groups is 3. The van der Waals surface area contributed by atoms with Crippen molar-refractivity contribution >= 4 is 36.0 Å². The molecule has 1 aromatic rings. The molecule has 0 radical (unpaired) electrons. The molecule has 0 bridgehead atoms. The summed E-state index contributed by atoms with van der Waals surface area (Å²) in [5.74, 6) is -0.533. The molecule has 2 rings (SSSR count). The van der Waals surface area contributed by atoms with E-state index in [1.807, 2.05) is 0 Å². The molecule has 10 heteroatoms. The normalized spacial score (nSPS) is 13.8. The van der Waals surface area contributed by atoms with Crippen LogP contribution in [-0.2, 0) is 9.59 Å². The zero-order chi connectivity index (χ0) is 18.4. The van der Waals surface area contributed by atoms with Gasteiger partial charge in [-0.25, -0.2) is 4.79 Å². The molecule has 1 aliphatic heterocycles. The number of rotatable bonds is 5. The number of likely N-dealkylation sites (N-methyl/N-ethyl adjacent to an activating group) is 1. The Hall–Kier alpha value is -2.52. The number of fused-ring (bicyclic) bond motifs is 1. The number of hydrogen-bond donors (Lipinski definition) is 3. The lowest BCUT2D eigenvalue weighted by Gasteiger charge is -2.20. The molecule has 1 aromatic carbocycles. The van der Waals surface area contributed by atoms with Gasteiger partial charge in [0, 0.05) is 18.2 Å². The zero-order valence-electron chi connectivity index (χ0n) is 14.5. The number of carbonyl (C=O) groups excluding carboxylic acids is 2. The van der Waals surface area contributed by atoms with Gasteiger partial charge in [0.1, 0.15) is 6.04 Å². The van der Waals surface area contributed by atoms with Gasteiger partial charge in [-0.3, -0.25) is 19.8 Å². The average molecular weight is 388 g/mol. The van der Waals surface area contributed by atoms with Gasteiger partial charge in [0.05, 0.1) is 19.8 Å². The summed E-state index contributed by atoms with van der Waals surface area (Å²) in [6, 6.07) is 3.38. The van der Waals surface area contributed by atoms with E-state index in [4.69, 9.17) is 14.6 Å². The second-order valence-electron chi connectivity index (χ2n) is 5.64. The third kappa shape index (κ3) is 6.08. The fourth-order valence-corrected chi connectivity index (χ4v) is 2.12. The number of nitrogens with zero attached hydrogens (tertiary/aromatic N) is 1. The summed E-state index contributed by atoms with van der Waals surface area (Å²) < 4.78 is 11.0. The Morgan fingerprint density at radius 2 is 1.88 bits per heavy atom. The van der Waals surface area contributed by atoms with Crippen LogP contribution in [0, 0.1) is 0 Å². The van der Waals surface area contributed by atoms with Crippen LogP contribution in [0.3, 0.4) is 0 Å². The molecule has 0 saturated carbocycles. The quantitative estimate of drug-likeness (QED) is 0.697. The molecule has 0 fully saturated rings. The summed E-state index contributed by atoms with van der Waals surface area (Å²) >= 11 is 0. The topological polar surface area (TPSA) is 117 Å². The molecule has 0 aliphatic carbocycles. The van der Waals surface area contributed by atoms with Crippen molar-refractivity contribution in [2.24, 2.45) is 0 Å². The number of halogens is 1. The largest absolute Gasteiger partial charge is 0.490 e. The molecule has 1 aliphatic rings. The fourth-order valence-electron chi connectivity index (χ4n) is 2.12.